The van der Waals surface area contributed by atoms with Gasteiger partial charge in [0.15, 0.2) is 12.2 Å². The molecule has 2 aromatic rings. The topological polar surface area (TPSA) is 35.3 Å². The van der Waals surface area contributed by atoms with Crippen molar-refractivity contribution in [3.8, 4) is 17.1 Å². The van der Waals surface area contributed by atoms with Crippen LogP contribution in [0.15, 0.2) is 33.5 Å². The van der Waals surface area contributed by atoms with Crippen molar-refractivity contribution in [1.82, 2.24) is 4.98 Å². The molecule has 0 saturated heterocycles. The Morgan fingerprint density at radius 2 is 2.31 bits per heavy atom. The lowest BCUT2D eigenvalue weighted by Gasteiger charge is -2.07. The van der Waals surface area contributed by atoms with Crippen molar-refractivity contribution in [2.24, 2.45) is 0 Å². The van der Waals surface area contributed by atoms with E-state index in [4.69, 9.17) is 20.8 Å². The molecule has 0 unspecified atom stereocenters. The number of rotatable bonds is 3. The third kappa shape index (κ3) is 2.08. The van der Waals surface area contributed by atoms with Crippen molar-refractivity contribution < 1.29 is 9.15 Å². The van der Waals surface area contributed by atoms with E-state index in [-0.39, 0.29) is 0 Å². The van der Waals surface area contributed by atoms with Gasteiger partial charge >= 0.3 is 0 Å². The normalized spacial score (nSPS) is 10.4. The number of methoxy groups -OCH3 is 1. The first kappa shape index (κ1) is 11.5. The first-order valence-corrected chi connectivity index (χ1v) is 5.91. The highest BCUT2D eigenvalue weighted by Gasteiger charge is 2.14. The number of nitrogens with zero attached hydrogens (tertiary/aromatic N) is 1. The molecule has 0 atom stereocenters. The second kappa shape index (κ2) is 4.89. The first-order chi connectivity index (χ1) is 7.76. The highest BCUT2D eigenvalue weighted by molar-refractivity contribution is 9.10. The van der Waals surface area contributed by atoms with Gasteiger partial charge in [0.05, 0.1) is 18.6 Å². The van der Waals surface area contributed by atoms with Crippen LogP contribution in [0.2, 0.25) is 0 Å². The van der Waals surface area contributed by atoms with Crippen LogP contribution in [0.5, 0.6) is 5.75 Å². The van der Waals surface area contributed by atoms with E-state index in [2.05, 4.69) is 20.9 Å². The van der Waals surface area contributed by atoms with E-state index in [0.29, 0.717) is 17.3 Å². The Morgan fingerprint density at radius 1 is 1.50 bits per heavy atom. The van der Waals surface area contributed by atoms with Crippen LogP contribution in [0.1, 0.15) is 5.69 Å². The molecule has 84 valence electrons. The Hall–Kier alpha value is -1.00. The van der Waals surface area contributed by atoms with Gasteiger partial charge in [0, 0.05) is 4.47 Å². The van der Waals surface area contributed by atoms with Gasteiger partial charge in [-0.05, 0) is 18.2 Å². The average Bonchev–Trinajstić information content (AvgIpc) is 2.76. The van der Waals surface area contributed by atoms with Crippen molar-refractivity contribution >= 4 is 27.5 Å². The lowest BCUT2D eigenvalue weighted by molar-refractivity contribution is 0.414. The zero-order valence-electron chi connectivity index (χ0n) is 8.54. The molecular weight excluding hydrogens is 293 g/mol. The quantitative estimate of drug-likeness (QED) is 0.808. The minimum Gasteiger partial charge on any atom is -0.496 e. The molecular formula is C11H9BrClNO2. The van der Waals surface area contributed by atoms with Crippen molar-refractivity contribution in [2.45, 2.75) is 5.88 Å². The van der Waals surface area contributed by atoms with Crippen LogP contribution in [-0.4, -0.2) is 12.1 Å². The molecule has 0 saturated carbocycles. The molecule has 0 aliphatic heterocycles. The Balaban J connectivity index is 2.55. The van der Waals surface area contributed by atoms with Crippen LogP contribution >= 0.6 is 27.5 Å². The van der Waals surface area contributed by atoms with Crippen LogP contribution < -0.4 is 4.74 Å². The molecule has 1 heterocycles. The van der Waals surface area contributed by atoms with Gasteiger partial charge in [-0.25, -0.2) is 4.98 Å². The molecule has 1 aromatic heterocycles. The van der Waals surface area contributed by atoms with Gasteiger partial charge in [0.2, 0.25) is 0 Å². The SMILES string of the molecule is COc1cc(Br)ccc1-c1ocnc1CCl. The van der Waals surface area contributed by atoms with Crippen LogP contribution in [0.3, 0.4) is 0 Å². The monoisotopic (exact) mass is 301 g/mol. The summed E-state index contributed by atoms with van der Waals surface area (Å²) in [6, 6.07) is 5.69. The molecule has 0 amide bonds. The van der Waals surface area contributed by atoms with Gasteiger partial charge in [-0.2, -0.15) is 0 Å². The van der Waals surface area contributed by atoms with Crippen LogP contribution in [0.4, 0.5) is 0 Å². The number of halogens is 2. The standard InChI is InChI=1S/C11H9BrClNO2/c1-15-10-4-7(12)2-3-8(10)11-9(5-13)14-6-16-11/h2-4,6H,5H2,1H3. The zero-order valence-corrected chi connectivity index (χ0v) is 10.9. The van der Waals surface area contributed by atoms with Gasteiger partial charge in [-0.15, -0.1) is 11.6 Å². The molecule has 0 bridgehead atoms. The molecule has 16 heavy (non-hydrogen) atoms. The van der Waals surface area contributed by atoms with Crippen molar-refractivity contribution in [2.75, 3.05) is 7.11 Å². The van der Waals surface area contributed by atoms with E-state index in [0.717, 1.165) is 15.8 Å². The van der Waals surface area contributed by atoms with E-state index >= 15 is 0 Å². The van der Waals surface area contributed by atoms with E-state index < -0.39 is 0 Å². The minimum atomic E-state index is 0.311. The summed E-state index contributed by atoms with van der Waals surface area (Å²) in [7, 11) is 1.61. The van der Waals surface area contributed by atoms with Crippen LogP contribution in [-0.2, 0) is 5.88 Å². The molecule has 0 spiro atoms. The number of hydrogen-bond donors (Lipinski definition) is 0. The molecule has 1 aromatic carbocycles. The summed E-state index contributed by atoms with van der Waals surface area (Å²) in [6.45, 7) is 0. The zero-order chi connectivity index (χ0) is 11.5. The summed E-state index contributed by atoms with van der Waals surface area (Å²) < 4.78 is 11.6. The summed E-state index contributed by atoms with van der Waals surface area (Å²) in [4.78, 5) is 4.04. The fourth-order valence-corrected chi connectivity index (χ4v) is 1.97. The van der Waals surface area contributed by atoms with E-state index in [1.807, 2.05) is 18.2 Å². The Bertz CT molecular complexity index is 498. The molecule has 3 nitrogen and oxygen atoms in total. The summed E-state index contributed by atoms with van der Waals surface area (Å²) in [5, 5.41) is 0. The first-order valence-electron chi connectivity index (χ1n) is 4.58. The fraction of sp³-hybridized carbons (Fsp3) is 0.182. The van der Waals surface area contributed by atoms with Crippen molar-refractivity contribution in [1.29, 1.82) is 0 Å². The third-order valence-electron chi connectivity index (χ3n) is 2.18. The maximum absolute atomic E-state index is 5.78. The predicted octanol–water partition coefficient (Wildman–Crippen LogP) is 3.85. The molecule has 0 N–H and O–H groups in total. The minimum absolute atomic E-state index is 0.311. The summed E-state index contributed by atoms with van der Waals surface area (Å²) in [5.41, 5.74) is 1.56. The number of oxazole rings is 1. The number of hydrogen-bond acceptors (Lipinski definition) is 3. The van der Waals surface area contributed by atoms with Gasteiger partial charge in [-0.3, -0.25) is 0 Å². The smallest absolute Gasteiger partial charge is 0.181 e. The number of alkyl halides is 1. The Morgan fingerprint density at radius 3 is 3.00 bits per heavy atom. The van der Waals surface area contributed by atoms with Gasteiger partial charge in [-0.1, -0.05) is 15.9 Å². The van der Waals surface area contributed by atoms with Crippen molar-refractivity contribution in [3.63, 3.8) is 0 Å². The van der Waals surface area contributed by atoms with Crippen molar-refractivity contribution in [3.05, 3.63) is 34.8 Å². The second-order valence-corrected chi connectivity index (χ2v) is 4.29. The molecule has 2 rings (SSSR count). The molecule has 0 radical (unpaired) electrons. The molecule has 5 heteroatoms. The molecule has 0 aliphatic carbocycles. The maximum Gasteiger partial charge on any atom is 0.181 e. The average molecular weight is 303 g/mol. The fourth-order valence-electron chi connectivity index (χ4n) is 1.44. The van der Waals surface area contributed by atoms with Gasteiger partial charge in [0.1, 0.15) is 11.4 Å². The summed E-state index contributed by atoms with van der Waals surface area (Å²) in [6.07, 6.45) is 1.38. The number of benzene rings is 1. The van der Waals surface area contributed by atoms with Crippen LogP contribution in [0.25, 0.3) is 11.3 Å². The second-order valence-electron chi connectivity index (χ2n) is 3.11. The van der Waals surface area contributed by atoms with Gasteiger partial charge < -0.3 is 9.15 Å². The summed E-state index contributed by atoms with van der Waals surface area (Å²) in [5.74, 6) is 1.68. The largest absolute Gasteiger partial charge is 0.496 e. The van der Waals surface area contributed by atoms with E-state index in [9.17, 15) is 0 Å². The van der Waals surface area contributed by atoms with E-state index in [1.54, 1.807) is 7.11 Å². The number of ether oxygens (including phenoxy) is 1. The predicted molar refractivity (Wildman–Crippen MR) is 65.7 cm³/mol. The maximum atomic E-state index is 5.78. The summed E-state index contributed by atoms with van der Waals surface area (Å²) >= 11 is 9.16. The Labute approximate surface area is 107 Å². The van der Waals surface area contributed by atoms with Gasteiger partial charge in [0.25, 0.3) is 0 Å². The lowest BCUT2D eigenvalue weighted by atomic mass is 10.1. The number of aromatic nitrogens is 1. The molecule has 0 fully saturated rings. The highest BCUT2D eigenvalue weighted by Crippen LogP contribution is 2.34. The molecule has 0 aliphatic rings. The Kier molecular flexibility index (Phi) is 3.51. The highest BCUT2D eigenvalue weighted by atomic mass is 79.9. The third-order valence-corrected chi connectivity index (χ3v) is 2.92. The lowest BCUT2D eigenvalue weighted by Crippen LogP contribution is -1.89. The van der Waals surface area contributed by atoms with Crippen LogP contribution in [0, 0.1) is 0 Å². The van der Waals surface area contributed by atoms with E-state index in [1.165, 1.54) is 6.39 Å².